The average Bonchev–Trinajstić information content (AvgIpc) is 2.54. The predicted molar refractivity (Wildman–Crippen MR) is 88.6 cm³/mol. The molecule has 0 aliphatic heterocycles. The maximum atomic E-state index is 13.4. The van der Waals surface area contributed by atoms with Gasteiger partial charge < -0.3 is 9.72 Å². The first kappa shape index (κ1) is 18.1. The molecule has 7 heteroatoms. The van der Waals surface area contributed by atoms with E-state index in [1.54, 1.807) is 6.92 Å². The SMILES string of the molecule is C=C(CCl)CCc1[nH]c2cc(F)c(F)cc2c(=O)c1C(=O)OCC. The van der Waals surface area contributed by atoms with Crippen LogP contribution >= 0.6 is 11.6 Å². The summed E-state index contributed by atoms with van der Waals surface area (Å²) in [6, 6.07) is 1.66. The highest BCUT2D eigenvalue weighted by molar-refractivity contribution is 6.19. The van der Waals surface area contributed by atoms with Crippen LogP contribution in [0.2, 0.25) is 0 Å². The van der Waals surface area contributed by atoms with E-state index >= 15 is 0 Å². The number of aromatic amines is 1. The number of hydrogen-bond donors (Lipinski definition) is 1. The number of allylic oxidation sites excluding steroid dienone is 1. The number of fused-ring (bicyclic) bond motifs is 1. The van der Waals surface area contributed by atoms with Crippen molar-refractivity contribution in [2.24, 2.45) is 0 Å². The maximum Gasteiger partial charge on any atom is 0.343 e. The highest BCUT2D eigenvalue weighted by Crippen LogP contribution is 2.19. The fraction of sp³-hybridized carbons (Fsp3) is 0.294. The van der Waals surface area contributed by atoms with Crippen molar-refractivity contribution in [1.82, 2.24) is 4.98 Å². The molecule has 0 saturated heterocycles. The van der Waals surface area contributed by atoms with E-state index in [0.717, 1.165) is 17.7 Å². The minimum absolute atomic E-state index is 0.0852. The molecule has 0 bridgehead atoms. The van der Waals surface area contributed by atoms with Gasteiger partial charge in [0.05, 0.1) is 12.1 Å². The molecule has 0 saturated carbocycles. The maximum absolute atomic E-state index is 13.4. The summed E-state index contributed by atoms with van der Waals surface area (Å²) < 4.78 is 31.8. The molecule has 0 aliphatic rings. The summed E-state index contributed by atoms with van der Waals surface area (Å²) in [6.07, 6.45) is 0.699. The normalized spacial score (nSPS) is 10.8. The number of esters is 1. The molecule has 0 radical (unpaired) electrons. The monoisotopic (exact) mass is 355 g/mol. The number of pyridine rings is 1. The lowest BCUT2D eigenvalue weighted by Crippen LogP contribution is -2.22. The predicted octanol–water partition coefficient (Wildman–Crippen LogP) is 3.71. The van der Waals surface area contributed by atoms with Crippen molar-refractivity contribution in [2.75, 3.05) is 12.5 Å². The summed E-state index contributed by atoms with van der Waals surface area (Å²) in [7, 11) is 0. The second kappa shape index (κ2) is 7.57. The van der Waals surface area contributed by atoms with Crippen molar-refractivity contribution < 1.29 is 18.3 Å². The Labute approximate surface area is 142 Å². The minimum atomic E-state index is -1.16. The van der Waals surface area contributed by atoms with Crippen molar-refractivity contribution >= 4 is 28.5 Å². The zero-order chi connectivity index (χ0) is 17.9. The topological polar surface area (TPSA) is 59.2 Å². The number of rotatable bonds is 6. The Bertz CT molecular complexity index is 861. The Morgan fingerprint density at radius 3 is 2.62 bits per heavy atom. The molecule has 1 aromatic heterocycles. The van der Waals surface area contributed by atoms with Crippen LogP contribution in [0.5, 0.6) is 0 Å². The molecule has 24 heavy (non-hydrogen) atoms. The van der Waals surface area contributed by atoms with Gasteiger partial charge >= 0.3 is 5.97 Å². The molecule has 2 aromatic rings. The highest BCUT2D eigenvalue weighted by atomic mass is 35.5. The van der Waals surface area contributed by atoms with Crippen LogP contribution in [-0.2, 0) is 11.2 Å². The van der Waals surface area contributed by atoms with E-state index in [1.807, 2.05) is 0 Å². The van der Waals surface area contributed by atoms with Crippen LogP contribution in [0.4, 0.5) is 8.78 Å². The number of benzene rings is 1. The van der Waals surface area contributed by atoms with Crippen molar-refractivity contribution in [3.05, 3.63) is 57.4 Å². The van der Waals surface area contributed by atoms with Crippen molar-refractivity contribution in [2.45, 2.75) is 19.8 Å². The summed E-state index contributed by atoms with van der Waals surface area (Å²) in [5.41, 5.74) is 0.199. The number of H-pyrrole nitrogens is 1. The molecule has 0 amide bonds. The first-order valence-electron chi connectivity index (χ1n) is 7.32. The second-order valence-corrected chi connectivity index (χ2v) is 5.49. The number of aryl methyl sites for hydroxylation is 1. The van der Waals surface area contributed by atoms with E-state index in [1.165, 1.54) is 0 Å². The molecule has 2 rings (SSSR count). The Balaban J connectivity index is 2.65. The second-order valence-electron chi connectivity index (χ2n) is 5.22. The third kappa shape index (κ3) is 3.64. The molecule has 1 heterocycles. The number of halogens is 3. The van der Waals surface area contributed by atoms with Crippen LogP contribution in [0.1, 0.15) is 29.4 Å². The molecule has 0 aliphatic carbocycles. The Kier molecular flexibility index (Phi) is 5.72. The average molecular weight is 356 g/mol. The van der Waals surface area contributed by atoms with E-state index in [-0.39, 0.29) is 41.1 Å². The van der Waals surface area contributed by atoms with Crippen molar-refractivity contribution in [3.8, 4) is 0 Å². The molecule has 0 atom stereocenters. The minimum Gasteiger partial charge on any atom is -0.462 e. The van der Waals surface area contributed by atoms with Crippen LogP contribution < -0.4 is 5.43 Å². The molecule has 0 spiro atoms. The van der Waals surface area contributed by atoms with Crippen molar-refractivity contribution in [1.29, 1.82) is 0 Å². The van der Waals surface area contributed by atoms with Gasteiger partial charge in [-0.1, -0.05) is 12.2 Å². The molecule has 128 valence electrons. The number of alkyl halides is 1. The number of nitrogens with one attached hydrogen (secondary N) is 1. The number of aromatic nitrogens is 1. The molecule has 1 aromatic carbocycles. The van der Waals surface area contributed by atoms with E-state index in [4.69, 9.17) is 16.3 Å². The zero-order valence-electron chi connectivity index (χ0n) is 13.0. The highest BCUT2D eigenvalue weighted by Gasteiger charge is 2.21. The molecule has 1 N–H and O–H groups in total. The molecular weight excluding hydrogens is 340 g/mol. The van der Waals surface area contributed by atoms with Gasteiger partial charge in [0.1, 0.15) is 5.56 Å². The van der Waals surface area contributed by atoms with E-state index in [2.05, 4.69) is 11.6 Å². The summed E-state index contributed by atoms with van der Waals surface area (Å²) in [6.45, 7) is 5.45. The number of carbonyl (C=O) groups excluding carboxylic acids is 1. The third-order valence-corrected chi connectivity index (χ3v) is 3.89. The van der Waals surface area contributed by atoms with E-state index in [0.29, 0.717) is 6.42 Å². The summed E-state index contributed by atoms with van der Waals surface area (Å²) in [4.78, 5) is 27.6. The largest absolute Gasteiger partial charge is 0.462 e. The van der Waals surface area contributed by atoms with Gasteiger partial charge in [-0.25, -0.2) is 13.6 Å². The van der Waals surface area contributed by atoms with Gasteiger partial charge in [0, 0.05) is 23.0 Å². The standard InChI is InChI=1S/C17H16ClF2NO3/c1-3-24-17(23)15-13(5-4-9(2)8-18)21-14-7-12(20)11(19)6-10(14)16(15)22/h6-7H,2-5,8H2,1H3,(H,21,22). The van der Waals surface area contributed by atoms with Gasteiger partial charge in [0.25, 0.3) is 0 Å². The van der Waals surface area contributed by atoms with Crippen LogP contribution in [0, 0.1) is 11.6 Å². The quantitative estimate of drug-likeness (QED) is 0.488. The lowest BCUT2D eigenvalue weighted by atomic mass is 10.0. The van der Waals surface area contributed by atoms with Crippen molar-refractivity contribution in [3.63, 3.8) is 0 Å². The van der Waals surface area contributed by atoms with Gasteiger partial charge in [-0.3, -0.25) is 4.79 Å². The first-order chi connectivity index (χ1) is 11.4. The lowest BCUT2D eigenvalue weighted by Gasteiger charge is -2.11. The van der Waals surface area contributed by atoms with Crippen LogP contribution in [-0.4, -0.2) is 23.4 Å². The lowest BCUT2D eigenvalue weighted by molar-refractivity contribution is 0.0523. The number of hydrogen-bond acceptors (Lipinski definition) is 3. The van der Waals surface area contributed by atoms with E-state index in [9.17, 15) is 18.4 Å². The van der Waals surface area contributed by atoms with E-state index < -0.39 is 23.0 Å². The van der Waals surface area contributed by atoms with Gasteiger partial charge in [-0.2, -0.15) is 0 Å². The summed E-state index contributed by atoms with van der Waals surface area (Å²) in [5.74, 6) is -2.81. The van der Waals surface area contributed by atoms with Gasteiger partial charge in [0.2, 0.25) is 5.43 Å². The Morgan fingerprint density at radius 1 is 1.33 bits per heavy atom. The first-order valence-corrected chi connectivity index (χ1v) is 7.86. The molecule has 0 unspecified atom stereocenters. The summed E-state index contributed by atoms with van der Waals surface area (Å²) in [5, 5.41) is -0.114. The molecule has 0 fully saturated rings. The Morgan fingerprint density at radius 2 is 2.00 bits per heavy atom. The molecular formula is C17H16ClF2NO3. The van der Waals surface area contributed by atoms with Gasteiger partial charge in [-0.15, -0.1) is 11.6 Å². The molecule has 4 nitrogen and oxygen atoms in total. The zero-order valence-corrected chi connectivity index (χ0v) is 13.8. The number of carbonyl (C=O) groups is 1. The van der Waals surface area contributed by atoms with Gasteiger partial charge in [-0.05, 0) is 25.8 Å². The van der Waals surface area contributed by atoms with Crippen LogP contribution in [0.3, 0.4) is 0 Å². The third-order valence-electron chi connectivity index (χ3n) is 3.52. The smallest absolute Gasteiger partial charge is 0.343 e. The number of ether oxygens (including phenoxy) is 1. The fourth-order valence-electron chi connectivity index (χ4n) is 2.31. The van der Waals surface area contributed by atoms with Crippen LogP contribution in [0.25, 0.3) is 10.9 Å². The summed E-state index contributed by atoms with van der Waals surface area (Å²) >= 11 is 5.68. The fourth-order valence-corrected chi connectivity index (χ4v) is 2.44. The van der Waals surface area contributed by atoms with Crippen LogP contribution in [0.15, 0.2) is 29.1 Å². The van der Waals surface area contributed by atoms with Gasteiger partial charge in [0.15, 0.2) is 11.6 Å². The Hall–Kier alpha value is -2.21.